The van der Waals surface area contributed by atoms with Gasteiger partial charge in [-0.2, -0.15) is 0 Å². The molecule has 6 rings (SSSR count). The summed E-state index contributed by atoms with van der Waals surface area (Å²) in [6, 6.07) is 19.0. The van der Waals surface area contributed by atoms with Crippen molar-refractivity contribution in [2.24, 2.45) is 0 Å². The Bertz CT molecular complexity index is 1210. The van der Waals surface area contributed by atoms with Crippen molar-refractivity contribution in [3.63, 3.8) is 0 Å². The standard InChI is InChI=1S/C28H25NO3S/c30-15-22-14-19(17-33-22)18-12-20-6-5-7-21(13-18)29(20)28(31)32-16-27-25-10-3-1-8-23(25)24-9-2-4-11-26(24)27/h1-4,8-12,14-15,17,20-21,27H,5-7,13,16H2. The van der Waals surface area contributed by atoms with Crippen LogP contribution in [0, 0.1) is 0 Å². The van der Waals surface area contributed by atoms with Gasteiger partial charge in [0.15, 0.2) is 6.29 Å². The number of aldehydes is 1. The van der Waals surface area contributed by atoms with Gasteiger partial charge in [0.05, 0.1) is 10.9 Å². The van der Waals surface area contributed by atoms with Gasteiger partial charge in [-0.1, -0.05) is 54.6 Å². The molecule has 0 N–H and O–H groups in total. The zero-order chi connectivity index (χ0) is 22.4. The van der Waals surface area contributed by atoms with Crippen molar-refractivity contribution in [1.29, 1.82) is 0 Å². The summed E-state index contributed by atoms with van der Waals surface area (Å²) in [5.74, 6) is 0.0738. The Labute approximate surface area is 197 Å². The molecule has 2 unspecified atom stereocenters. The van der Waals surface area contributed by atoms with Crippen LogP contribution in [0.2, 0.25) is 0 Å². The van der Waals surface area contributed by atoms with E-state index in [2.05, 4.69) is 54.6 Å². The van der Waals surface area contributed by atoms with Crippen molar-refractivity contribution >= 4 is 29.3 Å². The SMILES string of the molecule is O=Cc1cc(C2=CC3CCCC(C2)N3C(=O)OCC2c3ccccc3-c3ccccc32)cs1. The summed E-state index contributed by atoms with van der Waals surface area (Å²) in [5, 5.41) is 2.05. The molecule has 3 aromatic rings. The van der Waals surface area contributed by atoms with E-state index in [0.717, 1.165) is 42.4 Å². The maximum absolute atomic E-state index is 13.3. The lowest BCUT2D eigenvalue weighted by molar-refractivity contribution is 0.0539. The number of fused-ring (bicyclic) bond motifs is 5. The molecule has 1 saturated heterocycles. The fourth-order valence-electron chi connectivity index (χ4n) is 5.78. The summed E-state index contributed by atoms with van der Waals surface area (Å²) >= 11 is 1.48. The predicted octanol–water partition coefficient (Wildman–Crippen LogP) is 6.52. The molecule has 1 aliphatic carbocycles. The minimum Gasteiger partial charge on any atom is -0.448 e. The Hall–Kier alpha value is -3.18. The first-order chi connectivity index (χ1) is 16.2. The molecule has 1 amide bonds. The lowest BCUT2D eigenvalue weighted by Gasteiger charge is -2.44. The van der Waals surface area contributed by atoms with Crippen molar-refractivity contribution in [2.75, 3.05) is 6.61 Å². The minimum absolute atomic E-state index is 0.0581. The molecular formula is C28H25NO3S. The molecule has 2 aliphatic heterocycles. The van der Waals surface area contributed by atoms with Crippen molar-refractivity contribution in [1.82, 2.24) is 4.90 Å². The third kappa shape index (κ3) is 3.51. The number of ether oxygens (including phenoxy) is 1. The Morgan fingerprint density at radius 2 is 1.79 bits per heavy atom. The average Bonchev–Trinajstić information content (AvgIpc) is 3.45. The van der Waals surface area contributed by atoms with E-state index < -0.39 is 0 Å². The van der Waals surface area contributed by atoms with Crippen molar-refractivity contribution < 1.29 is 14.3 Å². The van der Waals surface area contributed by atoms with Gasteiger partial charge in [-0.25, -0.2) is 4.79 Å². The summed E-state index contributed by atoms with van der Waals surface area (Å²) in [5.41, 5.74) is 7.30. The monoisotopic (exact) mass is 455 g/mol. The van der Waals surface area contributed by atoms with Gasteiger partial charge in [0.1, 0.15) is 6.61 Å². The fraction of sp³-hybridized carbons (Fsp3) is 0.286. The molecule has 2 bridgehead atoms. The van der Waals surface area contributed by atoms with E-state index in [0.29, 0.717) is 6.61 Å². The van der Waals surface area contributed by atoms with Gasteiger partial charge in [0.25, 0.3) is 0 Å². The van der Waals surface area contributed by atoms with E-state index in [-0.39, 0.29) is 24.1 Å². The lowest BCUT2D eigenvalue weighted by atomic mass is 9.83. The Kier molecular flexibility index (Phi) is 5.14. The first kappa shape index (κ1) is 20.4. The number of rotatable bonds is 4. The van der Waals surface area contributed by atoms with Gasteiger partial charge in [-0.15, -0.1) is 11.3 Å². The van der Waals surface area contributed by atoms with Gasteiger partial charge < -0.3 is 4.74 Å². The van der Waals surface area contributed by atoms with Gasteiger partial charge in [-0.3, -0.25) is 9.69 Å². The topological polar surface area (TPSA) is 46.6 Å². The van der Waals surface area contributed by atoms with Crippen molar-refractivity contribution in [2.45, 2.75) is 43.7 Å². The van der Waals surface area contributed by atoms with E-state index in [1.807, 2.05) is 16.3 Å². The molecule has 1 aromatic heterocycles. The number of hydrogen-bond acceptors (Lipinski definition) is 4. The summed E-state index contributed by atoms with van der Waals surface area (Å²) in [6.45, 7) is 0.354. The van der Waals surface area contributed by atoms with Crippen LogP contribution in [0.25, 0.3) is 16.7 Å². The molecule has 2 atom stereocenters. The van der Waals surface area contributed by atoms with Crippen LogP contribution in [-0.4, -0.2) is 36.0 Å². The maximum atomic E-state index is 13.3. The highest BCUT2D eigenvalue weighted by atomic mass is 32.1. The second kappa shape index (κ2) is 8.31. The second-order valence-electron chi connectivity index (χ2n) is 9.11. The molecule has 1 fully saturated rings. The van der Waals surface area contributed by atoms with Crippen LogP contribution in [0.15, 0.2) is 66.1 Å². The summed E-state index contributed by atoms with van der Waals surface area (Å²) in [7, 11) is 0. The highest BCUT2D eigenvalue weighted by Gasteiger charge is 2.39. The number of nitrogens with zero attached hydrogens (tertiary/aromatic N) is 1. The van der Waals surface area contributed by atoms with Crippen LogP contribution >= 0.6 is 11.3 Å². The third-order valence-corrected chi connectivity index (χ3v) is 8.15. The molecule has 3 aliphatic rings. The number of thiophene rings is 1. The molecule has 33 heavy (non-hydrogen) atoms. The van der Waals surface area contributed by atoms with Crippen LogP contribution in [0.5, 0.6) is 0 Å². The average molecular weight is 456 g/mol. The highest BCUT2D eigenvalue weighted by Crippen LogP contribution is 2.45. The first-order valence-electron chi connectivity index (χ1n) is 11.6. The van der Waals surface area contributed by atoms with Gasteiger partial charge >= 0.3 is 6.09 Å². The number of carbonyl (C=O) groups excluding carboxylic acids is 2. The van der Waals surface area contributed by atoms with Gasteiger partial charge in [-0.05, 0) is 70.5 Å². The zero-order valence-corrected chi connectivity index (χ0v) is 19.1. The molecule has 3 heterocycles. The second-order valence-corrected chi connectivity index (χ2v) is 10.1. The van der Waals surface area contributed by atoms with E-state index in [9.17, 15) is 9.59 Å². The quantitative estimate of drug-likeness (QED) is 0.421. The number of hydrogen-bond donors (Lipinski definition) is 0. The molecule has 166 valence electrons. The van der Waals surface area contributed by atoms with Crippen LogP contribution in [-0.2, 0) is 4.74 Å². The molecule has 0 radical (unpaired) electrons. The Morgan fingerprint density at radius 3 is 2.45 bits per heavy atom. The van der Waals surface area contributed by atoms with E-state index in [4.69, 9.17) is 4.74 Å². The normalized spacial score (nSPS) is 21.2. The molecule has 0 saturated carbocycles. The van der Waals surface area contributed by atoms with Crippen molar-refractivity contribution in [3.8, 4) is 11.1 Å². The number of benzene rings is 2. The highest BCUT2D eigenvalue weighted by molar-refractivity contribution is 7.11. The number of carbonyl (C=O) groups is 2. The lowest BCUT2D eigenvalue weighted by Crippen LogP contribution is -2.51. The number of piperidine rings is 1. The molecule has 2 aromatic carbocycles. The molecule has 4 nitrogen and oxygen atoms in total. The first-order valence-corrected chi connectivity index (χ1v) is 12.5. The van der Waals surface area contributed by atoms with E-state index >= 15 is 0 Å². The maximum Gasteiger partial charge on any atom is 0.410 e. The van der Waals surface area contributed by atoms with Crippen LogP contribution in [0.1, 0.15) is 58.0 Å². The smallest absolute Gasteiger partial charge is 0.410 e. The summed E-state index contributed by atoms with van der Waals surface area (Å²) < 4.78 is 5.99. The van der Waals surface area contributed by atoms with Crippen LogP contribution in [0.3, 0.4) is 0 Å². The van der Waals surface area contributed by atoms with Gasteiger partial charge in [0.2, 0.25) is 0 Å². The van der Waals surface area contributed by atoms with E-state index in [1.54, 1.807) is 0 Å². The third-order valence-electron chi connectivity index (χ3n) is 7.29. The van der Waals surface area contributed by atoms with E-state index in [1.165, 1.54) is 39.2 Å². The van der Waals surface area contributed by atoms with Crippen LogP contribution in [0.4, 0.5) is 4.79 Å². The number of amides is 1. The summed E-state index contributed by atoms with van der Waals surface area (Å²) in [4.78, 5) is 27.1. The molecule has 0 spiro atoms. The van der Waals surface area contributed by atoms with Gasteiger partial charge in [0, 0.05) is 12.0 Å². The van der Waals surface area contributed by atoms with Crippen molar-refractivity contribution in [3.05, 3.63) is 87.6 Å². The molecular weight excluding hydrogens is 430 g/mol. The molecule has 5 heteroatoms. The van der Waals surface area contributed by atoms with Crippen LogP contribution < -0.4 is 0 Å². The largest absolute Gasteiger partial charge is 0.448 e. The Morgan fingerprint density at radius 1 is 1.06 bits per heavy atom. The predicted molar refractivity (Wildman–Crippen MR) is 131 cm³/mol. The zero-order valence-electron chi connectivity index (χ0n) is 18.3. The minimum atomic E-state index is -0.208. The Balaban J connectivity index is 1.21. The fourth-order valence-corrected chi connectivity index (χ4v) is 6.51. The summed E-state index contributed by atoms with van der Waals surface area (Å²) in [6.07, 6.45) is 6.79.